The number of hydrogen-bond donors (Lipinski definition) is 1. The molecule has 6 nitrogen and oxygen atoms in total. The highest BCUT2D eigenvalue weighted by molar-refractivity contribution is 6.33. The predicted molar refractivity (Wildman–Crippen MR) is 91.3 cm³/mol. The third-order valence-electron chi connectivity index (χ3n) is 3.49. The van der Waals surface area contributed by atoms with Crippen molar-refractivity contribution >= 4 is 23.1 Å². The van der Waals surface area contributed by atoms with Gasteiger partial charge in [0.15, 0.2) is 0 Å². The lowest BCUT2D eigenvalue weighted by molar-refractivity contribution is -0.383. The maximum atomic E-state index is 12.8. The van der Waals surface area contributed by atoms with Crippen LogP contribution >= 0.6 is 11.6 Å². The monoisotopic (exact) mass is 389 g/mol. The van der Waals surface area contributed by atoms with E-state index >= 15 is 0 Å². The second-order valence-corrected chi connectivity index (χ2v) is 5.91. The molecule has 1 N–H and O–H groups in total. The molecule has 0 aliphatic carbocycles. The third-order valence-corrected chi connectivity index (χ3v) is 3.81. The lowest BCUT2D eigenvalue weighted by atomic mass is 10.0. The van der Waals surface area contributed by atoms with Crippen molar-refractivity contribution in [3.63, 3.8) is 0 Å². The first kappa shape index (κ1) is 19.9. The van der Waals surface area contributed by atoms with E-state index in [1.165, 1.54) is 19.4 Å². The number of nitrogens with zero attached hydrogens (tertiary/aromatic N) is 2. The van der Waals surface area contributed by atoms with Gasteiger partial charge in [0, 0.05) is 29.9 Å². The summed E-state index contributed by atoms with van der Waals surface area (Å²) in [5.41, 5.74) is -1.14. The van der Waals surface area contributed by atoms with Crippen LogP contribution < -0.4 is 5.32 Å². The fourth-order valence-corrected chi connectivity index (χ4v) is 2.68. The summed E-state index contributed by atoms with van der Waals surface area (Å²) < 4.78 is 43.3. The second kappa shape index (κ2) is 7.88. The van der Waals surface area contributed by atoms with Gasteiger partial charge in [-0.1, -0.05) is 17.7 Å². The van der Waals surface area contributed by atoms with Crippen LogP contribution in [0.5, 0.6) is 0 Å². The average molecular weight is 390 g/mol. The van der Waals surface area contributed by atoms with Crippen LogP contribution in [0.1, 0.15) is 12.5 Å². The van der Waals surface area contributed by atoms with Gasteiger partial charge in [-0.2, -0.15) is 13.2 Å². The number of anilines is 1. The van der Waals surface area contributed by atoms with Gasteiger partial charge < -0.3 is 10.1 Å². The average Bonchev–Trinajstić information content (AvgIpc) is 2.53. The van der Waals surface area contributed by atoms with Gasteiger partial charge in [0.2, 0.25) is 5.82 Å². The summed E-state index contributed by atoms with van der Waals surface area (Å²) in [6.45, 7) is 2.02. The van der Waals surface area contributed by atoms with E-state index in [0.717, 1.165) is 18.2 Å². The van der Waals surface area contributed by atoms with E-state index in [1.54, 1.807) is 6.92 Å². The molecule has 26 heavy (non-hydrogen) atoms. The molecule has 0 bridgehead atoms. The maximum absolute atomic E-state index is 12.8. The van der Waals surface area contributed by atoms with Crippen LogP contribution in [0.3, 0.4) is 0 Å². The third kappa shape index (κ3) is 4.41. The summed E-state index contributed by atoms with van der Waals surface area (Å²) in [5, 5.41) is 14.2. The van der Waals surface area contributed by atoms with Gasteiger partial charge in [-0.3, -0.25) is 10.1 Å². The molecule has 1 unspecified atom stereocenters. The van der Waals surface area contributed by atoms with Crippen molar-refractivity contribution in [2.24, 2.45) is 0 Å². The standard InChI is InChI=1S/C16H15ClF3N3O3/c1-9(8-26-2)22-15-14(23(24)25)12(5-6-21-15)11-4-3-10(7-13(11)17)16(18,19)20/h3-7,9H,8H2,1-2H3,(H,21,22). The van der Waals surface area contributed by atoms with Crippen molar-refractivity contribution in [3.8, 4) is 11.1 Å². The number of hydrogen-bond acceptors (Lipinski definition) is 5. The first-order valence-corrected chi connectivity index (χ1v) is 7.79. The van der Waals surface area contributed by atoms with Crippen molar-refractivity contribution in [2.45, 2.75) is 19.1 Å². The summed E-state index contributed by atoms with van der Waals surface area (Å²) in [7, 11) is 1.48. The minimum Gasteiger partial charge on any atom is -0.383 e. The summed E-state index contributed by atoms with van der Waals surface area (Å²) in [6.07, 6.45) is -3.24. The first-order valence-electron chi connectivity index (χ1n) is 7.41. The fraction of sp³-hybridized carbons (Fsp3) is 0.312. The smallest absolute Gasteiger partial charge is 0.383 e. The lowest BCUT2D eigenvalue weighted by Crippen LogP contribution is -2.22. The molecule has 0 saturated carbocycles. The Morgan fingerprint density at radius 3 is 2.58 bits per heavy atom. The van der Waals surface area contributed by atoms with E-state index in [2.05, 4.69) is 10.3 Å². The molecule has 0 amide bonds. The van der Waals surface area contributed by atoms with Crippen molar-refractivity contribution in [1.82, 2.24) is 4.98 Å². The molecule has 0 radical (unpaired) electrons. The SMILES string of the molecule is COCC(C)Nc1nccc(-c2ccc(C(F)(F)F)cc2Cl)c1[N+](=O)[O-]. The quantitative estimate of drug-likeness (QED) is 0.568. The molecular formula is C16H15ClF3N3O3. The molecule has 1 heterocycles. The Hall–Kier alpha value is -2.39. The summed E-state index contributed by atoms with van der Waals surface area (Å²) in [6, 6.07) is 3.73. The summed E-state index contributed by atoms with van der Waals surface area (Å²) >= 11 is 5.97. The summed E-state index contributed by atoms with van der Waals surface area (Å²) in [5.74, 6) is -0.0204. The Morgan fingerprint density at radius 2 is 2.04 bits per heavy atom. The number of pyridine rings is 1. The van der Waals surface area contributed by atoms with Crippen molar-refractivity contribution < 1.29 is 22.8 Å². The van der Waals surface area contributed by atoms with Crippen LogP contribution in [0, 0.1) is 10.1 Å². The second-order valence-electron chi connectivity index (χ2n) is 5.51. The van der Waals surface area contributed by atoms with Crippen LogP contribution in [0.2, 0.25) is 5.02 Å². The molecule has 10 heteroatoms. The number of rotatable bonds is 6. The zero-order valence-electron chi connectivity index (χ0n) is 13.8. The molecule has 1 atom stereocenters. The molecule has 1 aromatic carbocycles. The van der Waals surface area contributed by atoms with Crippen molar-refractivity contribution in [3.05, 3.63) is 51.2 Å². The number of benzene rings is 1. The van der Waals surface area contributed by atoms with Crippen molar-refractivity contribution in [1.29, 1.82) is 0 Å². The molecule has 2 rings (SSSR count). The predicted octanol–water partition coefficient (Wildman–Crippen LogP) is 4.78. The van der Waals surface area contributed by atoms with Gasteiger partial charge in [-0.05, 0) is 25.1 Å². The van der Waals surface area contributed by atoms with Crippen LogP contribution in [0.4, 0.5) is 24.7 Å². The molecule has 0 spiro atoms. The van der Waals surface area contributed by atoms with Gasteiger partial charge in [0.1, 0.15) is 0 Å². The Bertz CT molecular complexity index is 815. The van der Waals surface area contributed by atoms with Crippen molar-refractivity contribution in [2.75, 3.05) is 19.0 Å². The summed E-state index contributed by atoms with van der Waals surface area (Å²) in [4.78, 5) is 14.9. The Balaban J connectivity index is 2.55. The number of nitro groups is 1. The van der Waals surface area contributed by atoms with Crippen LogP contribution in [0.25, 0.3) is 11.1 Å². The highest BCUT2D eigenvalue weighted by atomic mass is 35.5. The van der Waals surface area contributed by atoms with Crippen LogP contribution in [-0.4, -0.2) is 29.7 Å². The van der Waals surface area contributed by atoms with E-state index in [0.29, 0.717) is 0 Å². The normalized spacial score (nSPS) is 12.7. The number of methoxy groups -OCH3 is 1. The molecule has 0 saturated heterocycles. The number of halogens is 4. The van der Waals surface area contributed by atoms with Gasteiger partial charge in [-0.15, -0.1) is 0 Å². The molecule has 2 aromatic rings. The zero-order chi connectivity index (χ0) is 19.5. The number of alkyl halides is 3. The van der Waals surface area contributed by atoms with Gasteiger partial charge >= 0.3 is 11.9 Å². The Labute approximate surface area is 152 Å². The largest absolute Gasteiger partial charge is 0.416 e. The minimum absolute atomic E-state index is 0.0204. The Kier molecular flexibility index (Phi) is 6.04. The minimum atomic E-state index is -4.56. The highest BCUT2D eigenvalue weighted by Crippen LogP contribution is 2.40. The lowest BCUT2D eigenvalue weighted by Gasteiger charge is -2.15. The van der Waals surface area contributed by atoms with Gasteiger partial charge in [0.05, 0.1) is 22.7 Å². The van der Waals surface area contributed by atoms with E-state index in [1.807, 2.05) is 0 Å². The molecule has 140 valence electrons. The topological polar surface area (TPSA) is 77.3 Å². The van der Waals surface area contributed by atoms with Gasteiger partial charge in [0.25, 0.3) is 0 Å². The molecule has 0 aliphatic rings. The van der Waals surface area contributed by atoms with E-state index < -0.39 is 16.7 Å². The van der Waals surface area contributed by atoms with Crippen LogP contribution in [0.15, 0.2) is 30.5 Å². The Morgan fingerprint density at radius 1 is 1.35 bits per heavy atom. The molecule has 0 aliphatic heterocycles. The molecule has 1 aromatic heterocycles. The van der Waals surface area contributed by atoms with Gasteiger partial charge in [-0.25, -0.2) is 4.98 Å². The number of aromatic nitrogens is 1. The zero-order valence-corrected chi connectivity index (χ0v) is 14.6. The number of ether oxygens (including phenoxy) is 1. The van der Waals surface area contributed by atoms with E-state index in [9.17, 15) is 23.3 Å². The molecular weight excluding hydrogens is 375 g/mol. The maximum Gasteiger partial charge on any atom is 0.416 e. The highest BCUT2D eigenvalue weighted by Gasteiger charge is 2.32. The first-order chi connectivity index (χ1) is 12.1. The molecule has 0 fully saturated rings. The van der Waals surface area contributed by atoms with Crippen LogP contribution in [-0.2, 0) is 10.9 Å². The number of nitrogens with one attached hydrogen (secondary N) is 1. The van der Waals surface area contributed by atoms with E-state index in [4.69, 9.17) is 16.3 Å². The van der Waals surface area contributed by atoms with E-state index in [-0.39, 0.29) is 40.3 Å². The fourth-order valence-electron chi connectivity index (χ4n) is 2.40.